The number of nitrogens with zero attached hydrogens (tertiary/aromatic N) is 2. The Hall–Kier alpha value is -1.51. The average Bonchev–Trinajstić information content (AvgIpc) is 2.75. The Labute approximate surface area is 94.7 Å². The summed E-state index contributed by atoms with van der Waals surface area (Å²) in [6.45, 7) is 0. The molecule has 2 heterocycles. The van der Waals surface area contributed by atoms with Gasteiger partial charge in [-0.15, -0.1) is 0 Å². The molecule has 1 saturated carbocycles. The van der Waals surface area contributed by atoms with Crippen LogP contribution in [-0.2, 0) is 0 Å². The summed E-state index contributed by atoms with van der Waals surface area (Å²) in [6.07, 6.45) is 10.2. The van der Waals surface area contributed by atoms with Gasteiger partial charge in [-0.1, -0.05) is 19.3 Å². The molecule has 0 spiro atoms. The standard InChI is InChI=1S/C13H16N2O/c16-12-7-4-8-15-11(12)9-14-13(15)10-5-2-1-3-6-10/h4,7-10,16H,1-3,5-6H2. The van der Waals surface area contributed by atoms with E-state index < -0.39 is 0 Å². The minimum atomic E-state index is 0.317. The summed E-state index contributed by atoms with van der Waals surface area (Å²) in [5, 5.41) is 9.72. The fourth-order valence-corrected chi connectivity index (χ4v) is 2.69. The zero-order chi connectivity index (χ0) is 11.0. The lowest BCUT2D eigenvalue weighted by molar-refractivity contribution is 0.427. The summed E-state index contributed by atoms with van der Waals surface area (Å²) in [4.78, 5) is 4.48. The van der Waals surface area contributed by atoms with E-state index in [0.717, 1.165) is 11.3 Å². The van der Waals surface area contributed by atoms with Gasteiger partial charge in [-0.2, -0.15) is 0 Å². The van der Waals surface area contributed by atoms with Crippen LogP contribution in [0, 0.1) is 0 Å². The summed E-state index contributed by atoms with van der Waals surface area (Å²) < 4.78 is 2.03. The van der Waals surface area contributed by atoms with Crippen molar-refractivity contribution >= 4 is 5.52 Å². The molecule has 0 radical (unpaired) electrons. The summed E-state index contributed by atoms with van der Waals surface area (Å²) >= 11 is 0. The van der Waals surface area contributed by atoms with Crippen LogP contribution in [-0.4, -0.2) is 14.5 Å². The van der Waals surface area contributed by atoms with Crippen molar-refractivity contribution in [2.45, 2.75) is 38.0 Å². The first kappa shape index (κ1) is 9.70. The lowest BCUT2D eigenvalue weighted by Crippen LogP contribution is -2.08. The SMILES string of the molecule is Oc1cccn2c(C3CCCCC3)ncc12. The molecule has 0 unspecified atom stereocenters. The van der Waals surface area contributed by atoms with Crippen molar-refractivity contribution in [1.82, 2.24) is 9.38 Å². The predicted molar refractivity (Wildman–Crippen MR) is 62.7 cm³/mol. The Morgan fingerprint density at radius 3 is 2.88 bits per heavy atom. The van der Waals surface area contributed by atoms with Crippen molar-refractivity contribution in [1.29, 1.82) is 0 Å². The summed E-state index contributed by atoms with van der Waals surface area (Å²) in [5.74, 6) is 2.00. The zero-order valence-corrected chi connectivity index (χ0v) is 9.26. The van der Waals surface area contributed by atoms with Crippen LogP contribution in [0.1, 0.15) is 43.8 Å². The third-order valence-corrected chi connectivity index (χ3v) is 3.55. The third-order valence-electron chi connectivity index (χ3n) is 3.55. The second-order valence-electron chi connectivity index (χ2n) is 4.60. The van der Waals surface area contributed by atoms with Crippen LogP contribution >= 0.6 is 0 Å². The molecule has 84 valence electrons. The van der Waals surface area contributed by atoms with E-state index in [1.54, 1.807) is 12.3 Å². The molecule has 1 fully saturated rings. The molecule has 1 aliphatic rings. The van der Waals surface area contributed by atoms with Crippen LogP contribution in [0.3, 0.4) is 0 Å². The van der Waals surface area contributed by atoms with Gasteiger partial charge < -0.3 is 9.51 Å². The molecule has 0 aromatic carbocycles. The average molecular weight is 216 g/mol. The van der Waals surface area contributed by atoms with Crippen LogP contribution < -0.4 is 0 Å². The maximum Gasteiger partial charge on any atom is 0.141 e. The molecular weight excluding hydrogens is 200 g/mol. The summed E-state index contributed by atoms with van der Waals surface area (Å²) in [5.41, 5.74) is 0.822. The lowest BCUT2D eigenvalue weighted by Gasteiger charge is -2.20. The molecule has 2 aromatic rings. The normalized spacial score (nSPS) is 18.0. The molecule has 3 heteroatoms. The molecule has 16 heavy (non-hydrogen) atoms. The van der Waals surface area contributed by atoms with Gasteiger partial charge in [-0.25, -0.2) is 4.98 Å². The highest BCUT2D eigenvalue weighted by Crippen LogP contribution is 2.33. The van der Waals surface area contributed by atoms with E-state index in [-0.39, 0.29) is 0 Å². The first-order valence-corrected chi connectivity index (χ1v) is 6.01. The first-order valence-electron chi connectivity index (χ1n) is 6.01. The Morgan fingerprint density at radius 2 is 2.06 bits per heavy atom. The highest BCUT2D eigenvalue weighted by atomic mass is 16.3. The number of rotatable bonds is 1. The molecule has 0 aliphatic heterocycles. The topological polar surface area (TPSA) is 37.5 Å². The van der Waals surface area contributed by atoms with Crippen LogP contribution in [0.15, 0.2) is 24.5 Å². The fraction of sp³-hybridized carbons (Fsp3) is 0.462. The number of hydrogen-bond acceptors (Lipinski definition) is 2. The smallest absolute Gasteiger partial charge is 0.141 e. The first-order chi connectivity index (χ1) is 7.86. The van der Waals surface area contributed by atoms with Crippen molar-refractivity contribution < 1.29 is 5.11 Å². The van der Waals surface area contributed by atoms with Gasteiger partial charge in [0.1, 0.15) is 17.1 Å². The van der Waals surface area contributed by atoms with Gasteiger partial charge in [0.15, 0.2) is 0 Å². The van der Waals surface area contributed by atoms with Gasteiger partial charge in [0.05, 0.1) is 6.20 Å². The Balaban J connectivity index is 2.06. The molecule has 1 N–H and O–H groups in total. The van der Waals surface area contributed by atoms with E-state index in [9.17, 15) is 5.11 Å². The van der Waals surface area contributed by atoms with Crippen molar-refractivity contribution in [2.75, 3.05) is 0 Å². The van der Waals surface area contributed by atoms with E-state index in [4.69, 9.17) is 0 Å². The van der Waals surface area contributed by atoms with Gasteiger partial charge in [0.25, 0.3) is 0 Å². The number of imidazole rings is 1. The minimum absolute atomic E-state index is 0.317. The number of pyridine rings is 1. The zero-order valence-electron chi connectivity index (χ0n) is 9.26. The van der Waals surface area contributed by atoms with Gasteiger partial charge >= 0.3 is 0 Å². The maximum atomic E-state index is 9.72. The van der Waals surface area contributed by atoms with Crippen LogP contribution in [0.5, 0.6) is 5.75 Å². The van der Waals surface area contributed by atoms with Crippen LogP contribution in [0.4, 0.5) is 0 Å². The van der Waals surface area contributed by atoms with E-state index in [1.807, 2.05) is 16.7 Å². The van der Waals surface area contributed by atoms with E-state index >= 15 is 0 Å². The van der Waals surface area contributed by atoms with Gasteiger partial charge in [-0.3, -0.25) is 0 Å². The molecule has 1 aliphatic carbocycles. The summed E-state index contributed by atoms with van der Waals surface area (Å²) in [7, 11) is 0. The number of aromatic nitrogens is 2. The maximum absolute atomic E-state index is 9.72. The molecular formula is C13H16N2O. The summed E-state index contributed by atoms with van der Waals surface area (Å²) in [6, 6.07) is 3.58. The van der Waals surface area contributed by atoms with Gasteiger partial charge in [0, 0.05) is 12.1 Å². The van der Waals surface area contributed by atoms with Crippen LogP contribution in [0.25, 0.3) is 5.52 Å². The van der Waals surface area contributed by atoms with E-state index in [0.29, 0.717) is 11.7 Å². The minimum Gasteiger partial charge on any atom is -0.506 e. The third kappa shape index (κ3) is 1.47. The molecule has 3 nitrogen and oxygen atoms in total. The van der Waals surface area contributed by atoms with Crippen molar-refractivity contribution in [3.05, 3.63) is 30.4 Å². The van der Waals surface area contributed by atoms with Gasteiger partial charge in [0.2, 0.25) is 0 Å². The van der Waals surface area contributed by atoms with Crippen molar-refractivity contribution in [2.24, 2.45) is 0 Å². The highest BCUT2D eigenvalue weighted by Gasteiger charge is 2.20. The van der Waals surface area contributed by atoms with Gasteiger partial charge in [-0.05, 0) is 25.0 Å². The quantitative estimate of drug-likeness (QED) is 0.795. The largest absolute Gasteiger partial charge is 0.506 e. The Morgan fingerprint density at radius 1 is 1.25 bits per heavy atom. The Kier molecular flexibility index (Phi) is 2.31. The monoisotopic (exact) mass is 216 g/mol. The molecule has 0 atom stereocenters. The highest BCUT2D eigenvalue weighted by molar-refractivity contribution is 5.58. The number of hydrogen-bond donors (Lipinski definition) is 1. The van der Waals surface area contributed by atoms with Crippen molar-refractivity contribution in [3.8, 4) is 5.75 Å². The van der Waals surface area contributed by atoms with E-state index in [2.05, 4.69) is 4.98 Å². The fourth-order valence-electron chi connectivity index (χ4n) is 2.69. The van der Waals surface area contributed by atoms with E-state index in [1.165, 1.54) is 32.1 Å². The second kappa shape index (κ2) is 3.81. The molecule has 0 bridgehead atoms. The molecule has 0 amide bonds. The second-order valence-corrected chi connectivity index (χ2v) is 4.60. The lowest BCUT2D eigenvalue weighted by atomic mass is 9.89. The molecule has 3 rings (SSSR count). The van der Waals surface area contributed by atoms with Crippen molar-refractivity contribution in [3.63, 3.8) is 0 Å². The molecule has 2 aromatic heterocycles. The predicted octanol–water partition coefficient (Wildman–Crippen LogP) is 3.09. The van der Waals surface area contributed by atoms with Crippen LogP contribution in [0.2, 0.25) is 0 Å². The number of aromatic hydroxyl groups is 1. The molecule has 0 saturated heterocycles. The number of fused-ring (bicyclic) bond motifs is 1. The Bertz CT molecular complexity index is 498.